The number of ether oxygens (including phenoxy) is 1. The lowest BCUT2D eigenvalue weighted by Crippen LogP contribution is -2.48. The maximum Gasteiger partial charge on any atom is 0.225 e. The molecule has 2 aromatic rings. The fourth-order valence-electron chi connectivity index (χ4n) is 2.99. The van der Waals surface area contributed by atoms with E-state index in [-0.39, 0.29) is 30.7 Å². The zero-order chi connectivity index (χ0) is 21.5. The van der Waals surface area contributed by atoms with E-state index in [2.05, 4.69) is 15.1 Å². The summed E-state index contributed by atoms with van der Waals surface area (Å²) in [5, 5.41) is 13.3. The van der Waals surface area contributed by atoms with Gasteiger partial charge in [-0.1, -0.05) is 23.4 Å². The molecule has 1 aliphatic rings. The number of Topliss-reactive ketones (excluding diaryl/α,β-unsaturated/α-hetero) is 1. The number of methoxy groups -OCH3 is 1. The molecule has 1 aromatic heterocycles. The van der Waals surface area contributed by atoms with Gasteiger partial charge in [-0.25, -0.2) is 14.4 Å². The van der Waals surface area contributed by atoms with Gasteiger partial charge in [0.25, 0.3) is 0 Å². The quantitative estimate of drug-likeness (QED) is 0.594. The highest BCUT2D eigenvalue weighted by molar-refractivity contribution is 5.98. The van der Waals surface area contributed by atoms with Crippen LogP contribution in [0.4, 0.5) is 10.3 Å². The predicted molar refractivity (Wildman–Crippen MR) is 110 cm³/mol. The smallest absolute Gasteiger partial charge is 0.225 e. The second kappa shape index (κ2) is 10.2. The molecule has 3 rings (SSSR count). The van der Waals surface area contributed by atoms with Crippen LogP contribution in [0, 0.1) is 5.82 Å². The molecule has 160 valence electrons. The number of nitrogens with zero attached hydrogens (tertiary/aromatic N) is 4. The first-order valence-electron chi connectivity index (χ1n) is 9.67. The Morgan fingerprint density at radius 3 is 2.70 bits per heavy atom. The SMILES string of the molecule is COC(CCC(C)=O)CON=C1CN(c2ncc(-c3cccc(CO)c3F)cn2)C1. The lowest BCUT2D eigenvalue weighted by Gasteiger charge is -2.32. The summed E-state index contributed by atoms with van der Waals surface area (Å²) in [5.41, 5.74) is 1.98. The van der Waals surface area contributed by atoms with Crippen LogP contribution in [0.5, 0.6) is 0 Å². The molecule has 0 bridgehead atoms. The number of carbonyl (C=O) groups excluding carboxylic acids is 1. The molecule has 0 spiro atoms. The molecule has 1 N–H and O–H groups in total. The van der Waals surface area contributed by atoms with Gasteiger partial charge in [-0.2, -0.15) is 0 Å². The molecule has 30 heavy (non-hydrogen) atoms. The lowest BCUT2D eigenvalue weighted by atomic mass is 10.1. The Bertz CT molecular complexity index is 896. The molecule has 1 atom stereocenters. The van der Waals surface area contributed by atoms with E-state index in [1.165, 1.54) is 6.07 Å². The van der Waals surface area contributed by atoms with Gasteiger partial charge in [0.15, 0.2) is 0 Å². The number of aliphatic hydroxyl groups excluding tert-OH is 1. The van der Waals surface area contributed by atoms with Crippen molar-refractivity contribution in [3.05, 3.63) is 42.0 Å². The summed E-state index contributed by atoms with van der Waals surface area (Å²) in [7, 11) is 1.58. The first-order chi connectivity index (χ1) is 14.5. The van der Waals surface area contributed by atoms with Gasteiger partial charge in [-0.05, 0) is 13.3 Å². The Hall–Kier alpha value is -2.91. The van der Waals surface area contributed by atoms with Crippen molar-refractivity contribution in [1.29, 1.82) is 0 Å². The zero-order valence-electron chi connectivity index (χ0n) is 17.0. The number of carbonyl (C=O) groups is 1. The molecule has 1 fully saturated rings. The minimum absolute atomic E-state index is 0.118. The van der Waals surface area contributed by atoms with Gasteiger partial charge in [0.2, 0.25) is 5.95 Å². The second-order valence-electron chi connectivity index (χ2n) is 7.12. The lowest BCUT2D eigenvalue weighted by molar-refractivity contribution is -0.117. The molecule has 0 amide bonds. The van der Waals surface area contributed by atoms with E-state index >= 15 is 0 Å². The molecule has 1 aromatic carbocycles. The van der Waals surface area contributed by atoms with Crippen molar-refractivity contribution in [3.8, 4) is 11.1 Å². The van der Waals surface area contributed by atoms with Crippen molar-refractivity contribution in [2.45, 2.75) is 32.5 Å². The number of hydrogen-bond acceptors (Lipinski definition) is 8. The van der Waals surface area contributed by atoms with Gasteiger partial charge in [0.05, 0.1) is 31.5 Å². The van der Waals surface area contributed by atoms with E-state index < -0.39 is 5.82 Å². The van der Waals surface area contributed by atoms with Gasteiger partial charge in [0, 0.05) is 42.6 Å². The minimum Gasteiger partial charge on any atom is -0.393 e. The van der Waals surface area contributed by atoms with Crippen molar-refractivity contribution >= 4 is 17.4 Å². The largest absolute Gasteiger partial charge is 0.393 e. The fourth-order valence-corrected chi connectivity index (χ4v) is 2.99. The highest BCUT2D eigenvalue weighted by Gasteiger charge is 2.25. The van der Waals surface area contributed by atoms with Crippen LogP contribution >= 0.6 is 0 Å². The van der Waals surface area contributed by atoms with Crippen LogP contribution in [0.1, 0.15) is 25.3 Å². The summed E-state index contributed by atoms with van der Waals surface area (Å²) in [6, 6.07) is 4.85. The van der Waals surface area contributed by atoms with E-state index in [0.717, 1.165) is 5.71 Å². The average molecular weight is 416 g/mol. The van der Waals surface area contributed by atoms with Gasteiger partial charge in [0.1, 0.15) is 18.2 Å². The van der Waals surface area contributed by atoms with Crippen LogP contribution in [-0.4, -0.2) is 59.5 Å². The van der Waals surface area contributed by atoms with E-state index in [4.69, 9.17) is 9.57 Å². The summed E-state index contributed by atoms with van der Waals surface area (Å²) in [5.74, 6) is 0.171. The van der Waals surface area contributed by atoms with Crippen molar-refractivity contribution in [1.82, 2.24) is 9.97 Å². The minimum atomic E-state index is -0.468. The molecule has 1 saturated heterocycles. The molecule has 1 unspecified atom stereocenters. The number of oxime groups is 1. The molecule has 9 heteroatoms. The number of rotatable bonds is 10. The number of hydrogen-bond donors (Lipinski definition) is 1. The summed E-state index contributed by atoms with van der Waals surface area (Å²) in [4.78, 5) is 26.9. The van der Waals surface area contributed by atoms with Crippen LogP contribution in [0.25, 0.3) is 11.1 Å². The van der Waals surface area contributed by atoms with Crippen LogP contribution in [0.2, 0.25) is 0 Å². The third kappa shape index (κ3) is 5.37. The van der Waals surface area contributed by atoms with Gasteiger partial charge in [-0.15, -0.1) is 0 Å². The first kappa shape index (κ1) is 21.8. The Labute approximate surface area is 174 Å². The number of halogens is 1. The average Bonchev–Trinajstić information content (AvgIpc) is 2.72. The highest BCUT2D eigenvalue weighted by atomic mass is 19.1. The highest BCUT2D eigenvalue weighted by Crippen LogP contribution is 2.25. The Morgan fingerprint density at radius 2 is 2.07 bits per heavy atom. The molecule has 0 radical (unpaired) electrons. The van der Waals surface area contributed by atoms with Gasteiger partial charge >= 0.3 is 0 Å². The van der Waals surface area contributed by atoms with E-state index in [1.807, 2.05) is 4.90 Å². The van der Waals surface area contributed by atoms with Crippen LogP contribution < -0.4 is 4.90 Å². The third-order valence-electron chi connectivity index (χ3n) is 4.83. The Balaban J connectivity index is 1.51. The zero-order valence-corrected chi connectivity index (χ0v) is 17.0. The maximum atomic E-state index is 14.4. The number of ketones is 1. The topological polar surface area (TPSA) is 97.1 Å². The third-order valence-corrected chi connectivity index (χ3v) is 4.83. The summed E-state index contributed by atoms with van der Waals surface area (Å²) < 4.78 is 19.6. The van der Waals surface area contributed by atoms with E-state index in [9.17, 15) is 14.3 Å². The van der Waals surface area contributed by atoms with E-state index in [1.54, 1.807) is 38.6 Å². The van der Waals surface area contributed by atoms with Crippen molar-refractivity contribution in [3.63, 3.8) is 0 Å². The van der Waals surface area contributed by atoms with Crippen LogP contribution in [0.3, 0.4) is 0 Å². The number of aliphatic hydroxyl groups is 1. The first-order valence-corrected chi connectivity index (χ1v) is 9.67. The Morgan fingerprint density at radius 1 is 1.33 bits per heavy atom. The van der Waals surface area contributed by atoms with Crippen LogP contribution in [-0.2, 0) is 21.0 Å². The Kier molecular flexibility index (Phi) is 7.42. The molecule has 0 saturated carbocycles. The van der Waals surface area contributed by atoms with E-state index in [0.29, 0.717) is 43.0 Å². The fraction of sp³-hybridized carbons (Fsp3) is 0.429. The predicted octanol–water partition coefficient (Wildman–Crippen LogP) is 2.35. The summed E-state index contributed by atoms with van der Waals surface area (Å²) >= 11 is 0. The van der Waals surface area contributed by atoms with Crippen LogP contribution in [0.15, 0.2) is 35.7 Å². The van der Waals surface area contributed by atoms with Crippen molar-refractivity contribution < 1.29 is 23.9 Å². The number of anilines is 1. The van der Waals surface area contributed by atoms with Crippen molar-refractivity contribution in [2.75, 3.05) is 31.7 Å². The molecule has 0 aliphatic carbocycles. The van der Waals surface area contributed by atoms with Gasteiger partial charge in [-0.3, -0.25) is 0 Å². The van der Waals surface area contributed by atoms with Crippen molar-refractivity contribution in [2.24, 2.45) is 5.16 Å². The molecule has 8 nitrogen and oxygen atoms in total. The number of aromatic nitrogens is 2. The number of benzene rings is 1. The molecular formula is C21H25FN4O4. The standard InChI is InChI=1S/C21H25FN4O4/c1-14(28)6-7-18(29-2)13-30-25-17-10-26(11-17)21-23-8-16(9-24-21)19-5-3-4-15(12-27)20(19)22/h3-5,8-9,18,27H,6-7,10-13H2,1-2H3. The molecular weight excluding hydrogens is 391 g/mol. The molecule has 1 aliphatic heterocycles. The van der Waals surface area contributed by atoms with Gasteiger partial charge < -0.3 is 24.4 Å². The molecule has 2 heterocycles. The normalized spacial score (nSPS) is 14.3. The summed E-state index contributed by atoms with van der Waals surface area (Å²) in [6.45, 7) is 2.56. The monoisotopic (exact) mass is 416 g/mol. The maximum absolute atomic E-state index is 14.4. The summed E-state index contributed by atoms with van der Waals surface area (Å²) in [6.07, 6.45) is 4.01. The second-order valence-corrected chi connectivity index (χ2v) is 7.12.